The first-order valence-corrected chi connectivity index (χ1v) is 4.81. The summed E-state index contributed by atoms with van der Waals surface area (Å²) in [5.41, 5.74) is 0. The smallest absolute Gasteiger partial charge is 0.239 e. The minimum atomic E-state index is -0.352. The van der Waals surface area contributed by atoms with Gasteiger partial charge in [-0.15, -0.1) is 0 Å². The van der Waals surface area contributed by atoms with E-state index in [1.54, 1.807) is 0 Å². The Balaban J connectivity index is 2.69. The van der Waals surface area contributed by atoms with Crippen LogP contribution < -0.4 is 5.32 Å². The van der Waals surface area contributed by atoms with Gasteiger partial charge in [0.2, 0.25) is 5.91 Å². The van der Waals surface area contributed by atoms with Gasteiger partial charge in [0.05, 0.1) is 6.61 Å². The van der Waals surface area contributed by atoms with Crippen LogP contribution in [0.1, 0.15) is 13.8 Å². The van der Waals surface area contributed by atoms with Gasteiger partial charge in [0.15, 0.2) is 0 Å². The number of aliphatic hydroxyl groups excluding tert-OH is 1. The molecular weight excluding hydrogens is 168 g/mol. The molecule has 4 nitrogen and oxygen atoms in total. The molecule has 0 aromatic rings. The van der Waals surface area contributed by atoms with E-state index < -0.39 is 0 Å². The van der Waals surface area contributed by atoms with Gasteiger partial charge in [-0.3, -0.25) is 9.69 Å². The monoisotopic (exact) mass is 186 g/mol. The number of hydrogen-bond acceptors (Lipinski definition) is 3. The van der Waals surface area contributed by atoms with Gasteiger partial charge < -0.3 is 10.4 Å². The van der Waals surface area contributed by atoms with Crippen LogP contribution in [-0.2, 0) is 4.79 Å². The third-order valence-corrected chi connectivity index (χ3v) is 2.49. The van der Waals surface area contributed by atoms with E-state index >= 15 is 0 Å². The van der Waals surface area contributed by atoms with E-state index in [0.717, 1.165) is 13.1 Å². The fraction of sp³-hybridized carbons (Fsp3) is 0.889. The van der Waals surface area contributed by atoms with Crippen LogP contribution in [0.4, 0.5) is 0 Å². The highest BCUT2D eigenvalue weighted by molar-refractivity contribution is 5.82. The van der Waals surface area contributed by atoms with Gasteiger partial charge in [-0.25, -0.2) is 0 Å². The Bertz CT molecular complexity index is 184. The van der Waals surface area contributed by atoms with Gasteiger partial charge in [-0.05, 0) is 12.5 Å². The van der Waals surface area contributed by atoms with E-state index in [1.165, 1.54) is 0 Å². The fourth-order valence-electron chi connectivity index (χ4n) is 1.70. The molecule has 0 radical (unpaired) electrons. The molecule has 1 aliphatic rings. The number of carbonyl (C=O) groups is 1. The Hall–Kier alpha value is -0.610. The summed E-state index contributed by atoms with van der Waals surface area (Å²) in [5.74, 6) is 0.411. The molecule has 4 heteroatoms. The Labute approximate surface area is 78.9 Å². The number of nitrogens with one attached hydrogen (secondary N) is 1. The van der Waals surface area contributed by atoms with Crippen LogP contribution in [0, 0.1) is 5.92 Å². The molecule has 1 aliphatic heterocycles. The first-order valence-electron chi connectivity index (χ1n) is 4.81. The molecule has 2 N–H and O–H groups in total. The zero-order valence-electron chi connectivity index (χ0n) is 8.29. The summed E-state index contributed by atoms with van der Waals surface area (Å²) < 4.78 is 0. The van der Waals surface area contributed by atoms with Crippen molar-refractivity contribution in [2.75, 3.05) is 26.2 Å². The number of rotatable bonds is 2. The Morgan fingerprint density at radius 3 is 2.92 bits per heavy atom. The number of aliphatic hydroxyl groups is 1. The quantitative estimate of drug-likeness (QED) is 0.607. The van der Waals surface area contributed by atoms with Crippen LogP contribution in [0.2, 0.25) is 0 Å². The molecule has 1 heterocycles. The predicted molar refractivity (Wildman–Crippen MR) is 50.3 cm³/mol. The Morgan fingerprint density at radius 1 is 1.69 bits per heavy atom. The summed E-state index contributed by atoms with van der Waals surface area (Å²) in [6.45, 7) is 6.42. The first kappa shape index (κ1) is 10.5. The predicted octanol–water partition coefficient (Wildman–Crippen LogP) is -0.565. The van der Waals surface area contributed by atoms with E-state index in [0.29, 0.717) is 12.5 Å². The molecule has 1 fully saturated rings. The maximum atomic E-state index is 11.4. The van der Waals surface area contributed by atoms with Crippen LogP contribution in [0.25, 0.3) is 0 Å². The molecule has 0 saturated carbocycles. The third-order valence-electron chi connectivity index (χ3n) is 2.49. The first-order chi connectivity index (χ1) is 6.19. The van der Waals surface area contributed by atoms with Crippen molar-refractivity contribution in [3.05, 3.63) is 0 Å². The summed E-state index contributed by atoms with van der Waals surface area (Å²) >= 11 is 0. The molecule has 13 heavy (non-hydrogen) atoms. The highest BCUT2D eigenvalue weighted by Crippen LogP contribution is 2.08. The second kappa shape index (κ2) is 4.58. The topological polar surface area (TPSA) is 52.6 Å². The van der Waals surface area contributed by atoms with Gasteiger partial charge >= 0.3 is 0 Å². The SMILES string of the molecule is CCN1CC(C)CNC(=O)C1CO. The number of likely N-dealkylation sites (N-methyl/N-ethyl adjacent to an activating group) is 1. The van der Waals surface area contributed by atoms with E-state index in [1.807, 2.05) is 11.8 Å². The molecule has 0 aromatic carbocycles. The van der Waals surface area contributed by atoms with E-state index in [9.17, 15) is 4.79 Å². The molecule has 0 aromatic heterocycles. The van der Waals surface area contributed by atoms with Crippen LogP contribution >= 0.6 is 0 Å². The Kier molecular flexibility index (Phi) is 3.69. The highest BCUT2D eigenvalue weighted by atomic mass is 16.3. The van der Waals surface area contributed by atoms with Gasteiger partial charge in [-0.2, -0.15) is 0 Å². The molecule has 2 atom stereocenters. The van der Waals surface area contributed by atoms with Crippen molar-refractivity contribution in [1.82, 2.24) is 10.2 Å². The van der Waals surface area contributed by atoms with E-state index in [4.69, 9.17) is 5.11 Å². The molecular formula is C9H18N2O2. The minimum absolute atomic E-state index is 0.0475. The molecule has 0 spiro atoms. The largest absolute Gasteiger partial charge is 0.394 e. The second-order valence-corrected chi connectivity index (χ2v) is 3.64. The van der Waals surface area contributed by atoms with Gasteiger partial charge in [0, 0.05) is 13.1 Å². The lowest BCUT2D eigenvalue weighted by Gasteiger charge is -2.26. The molecule has 2 unspecified atom stereocenters. The van der Waals surface area contributed by atoms with Crippen molar-refractivity contribution < 1.29 is 9.90 Å². The maximum absolute atomic E-state index is 11.4. The minimum Gasteiger partial charge on any atom is -0.394 e. The lowest BCUT2D eigenvalue weighted by molar-refractivity contribution is -0.126. The standard InChI is InChI=1S/C9H18N2O2/c1-3-11-5-7(2)4-10-9(13)8(11)6-12/h7-8,12H,3-6H2,1-2H3,(H,10,13). The number of amides is 1. The molecule has 1 saturated heterocycles. The number of hydrogen-bond donors (Lipinski definition) is 2. The normalized spacial score (nSPS) is 31.2. The van der Waals surface area contributed by atoms with Gasteiger partial charge in [0.25, 0.3) is 0 Å². The summed E-state index contributed by atoms with van der Waals surface area (Å²) in [7, 11) is 0. The average molecular weight is 186 g/mol. The molecule has 1 rings (SSSR count). The molecule has 0 bridgehead atoms. The summed E-state index contributed by atoms with van der Waals surface area (Å²) in [6, 6.07) is -0.352. The number of nitrogens with zero attached hydrogens (tertiary/aromatic N) is 1. The van der Waals surface area contributed by atoms with Crippen molar-refractivity contribution in [2.24, 2.45) is 5.92 Å². The zero-order valence-corrected chi connectivity index (χ0v) is 8.29. The summed E-state index contributed by atoms with van der Waals surface area (Å²) in [6.07, 6.45) is 0. The summed E-state index contributed by atoms with van der Waals surface area (Å²) in [5, 5.41) is 11.9. The summed E-state index contributed by atoms with van der Waals surface area (Å²) in [4.78, 5) is 13.5. The second-order valence-electron chi connectivity index (χ2n) is 3.64. The molecule has 1 amide bonds. The Morgan fingerprint density at radius 2 is 2.38 bits per heavy atom. The van der Waals surface area contributed by atoms with Crippen molar-refractivity contribution in [1.29, 1.82) is 0 Å². The van der Waals surface area contributed by atoms with Crippen molar-refractivity contribution in [2.45, 2.75) is 19.9 Å². The molecule has 76 valence electrons. The van der Waals surface area contributed by atoms with E-state index in [2.05, 4.69) is 12.2 Å². The van der Waals surface area contributed by atoms with Gasteiger partial charge in [0.1, 0.15) is 6.04 Å². The van der Waals surface area contributed by atoms with Gasteiger partial charge in [-0.1, -0.05) is 13.8 Å². The average Bonchev–Trinajstić information content (AvgIpc) is 2.26. The zero-order chi connectivity index (χ0) is 9.84. The number of carbonyl (C=O) groups excluding carboxylic acids is 1. The maximum Gasteiger partial charge on any atom is 0.239 e. The van der Waals surface area contributed by atoms with Crippen LogP contribution in [0.3, 0.4) is 0 Å². The van der Waals surface area contributed by atoms with Crippen molar-refractivity contribution in [3.63, 3.8) is 0 Å². The van der Waals surface area contributed by atoms with Crippen LogP contribution in [0.5, 0.6) is 0 Å². The van der Waals surface area contributed by atoms with Crippen molar-refractivity contribution >= 4 is 5.91 Å². The van der Waals surface area contributed by atoms with Crippen molar-refractivity contribution in [3.8, 4) is 0 Å². The van der Waals surface area contributed by atoms with Crippen LogP contribution in [-0.4, -0.2) is 48.2 Å². The highest BCUT2D eigenvalue weighted by Gasteiger charge is 2.28. The van der Waals surface area contributed by atoms with Crippen LogP contribution in [0.15, 0.2) is 0 Å². The molecule has 0 aliphatic carbocycles. The lowest BCUT2D eigenvalue weighted by atomic mass is 10.1. The fourth-order valence-corrected chi connectivity index (χ4v) is 1.70. The van der Waals surface area contributed by atoms with E-state index in [-0.39, 0.29) is 18.6 Å². The lowest BCUT2D eigenvalue weighted by Crippen LogP contribution is -2.46. The third kappa shape index (κ3) is 2.42.